The second kappa shape index (κ2) is 7.53. The largest absolute Gasteiger partial charge is 0.469 e. The van der Waals surface area contributed by atoms with Crippen molar-refractivity contribution < 1.29 is 19.1 Å². The van der Waals surface area contributed by atoms with Crippen LogP contribution in [-0.2, 0) is 20.9 Å². The van der Waals surface area contributed by atoms with Crippen LogP contribution in [0.25, 0.3) is 0 Å². The average Bonchev–Trinajstić information content (AvgIpc) is 2.44. The lowest BCUT2D eigenvalue weighted by Crippen LogP contribution is -2.29. The summed E-state index contributed by atoms with van der Waals surface area (Å²) in [4.78, 5) is 24.7. The number of amides is 1. The second-order valence-electron chi connectivity index (χ2n) is 4.19. The van der Waals surface area contributed by atoms with Crippen molar-refractivity contribution in [1.29, 1.82) is 0 Å². The molecule has 0 aliphatic heterocycles. The number of hydrogen-bond acceptors (Lipinski definition) is 4. The second-order valence-corrected chi connectivity index (χ2v) is 4.19. The lowest BCUT2D eigenvalue weighted by atomic mass is 10.1. The van der Waals surface area contributed by atoms with Gasteiger partial charge in [-0.3, -0.25) is 9.59 Å². The van der Waals surface area contributed by atoms with E-state index in [9.17, 15) is 9.59 Å². The van der Waals surface area contributed by atoms with E-state index in [1.807, 2.05) is 12.1 Å². The van der Waals surface area contributed by atoms with E-state index < -0.39 is 0 Å². The summed E-state index contributed by atoms with van der Waals surface area (Å²) in [6, 6.07) is 7.25. The lowest BCUT2D eigenvalue weighted by molar-refractivity contribution is -0.140. The van der Waals surface area contributed by atoms with Gasteiger partial charge in [0, 0.05) is 26.3 Å². The molecule has 5 nitrogen and oxygen atoms in total. The van der Waals surface area contributed by atoms with Gasteiger partial charge in [-0.25, -0.2) is 0 Å². The van der Waals surface area contributed by atoms with Gasteiger partial charge in [-0.15, -0.1) is 0 Å². The summed E-state index contributed by atoms with van der Waals surface area (Å²) in [6.07, 6.45) is 0.191. The molecule has 0 saturated heterocycles. The minimum atomic E-state index is -0.326. The quantitative estimate of drug-likeness (QED) is 0.731. The monoisotopic (exact) mass is 265 g/mol. The Morgan fingerprint density at radius 1 is 1.26 bits per heavy atom. The first-order chi connectivity index (χ1) is 9.08. The SMILES string of the molecule is COCc1cccc(C(=O)N(C)CCC(=O)OC)c1. The molecular weight excluding hydrogens is 246 g/mol. The van der Waals surface area contributed by atoms with Gasteiger partial charge in [0.05, 0.1) is 20.1 Å². The summed E-state index contributed by atoms with van der Waals surface area (Å²) in [5, 5.41) is 0. The first-order valence-corrected chi connectivity index (χ1v) is 5.98. The van der Waals surface area contributed by atoms with E-state index in [-0.39, 0.29) is 18.3 Å². The van der Waals surface area contributed by atoms with Crippen molar-refractivity contribution in [3.8, 4) is 0 Å². The molecule has 0 N–H and O–H groups in total. The van der Waals surface area contributed by atoms with Crippen molar-refractivity contribution in [2.24, 2.45) is 0 Å². The maximum atomic E-state index is 12.1. The van der Waals surface area contributed by atoms with Crippen LogP contribution in [0, 0.1) is 0 Å². The molecule has 1 rings (SSSR count). The molecule has 0 aliphatic carbocycles. The minimum absolute atomic E-state index is 0.123. The van der Waals surface area contributed by atoms with Crippen molar-refractivity contribution in [2.75, 3.05) is 27.8 Å². The van der Waals surface area contributed by atoms with Crippen molar-refractivity contribution in [2.45, 2.75) is 13.0 Å². The number of methoxy groups -OCH3 is 2. The van der Waals surface area contributed by atoms with Gasteiger partial charge in [-0.2, -0.15) is 0 Å². The highest BCUT2D eigenvalue weighted by Crippen LogP contribution is 2.09. The van der Waals surface area contributed by atoms with Gasteiger partial charge in [0.25, 0.3) is 5.91 Å². The van der Waals surface area contributed by atoms with E-state index in [4.69, 9.17) is 4.74 Å². The Kier molecular flexibility index (Phi) is 6.02. The van der Waals surface area contributed by atoms with E-state index in [1.54, 1.807) is 26.3 Å². The molecule has 0 bridgehead atoms. The molecule has 1 amide bonds. The smallest absolute Gasteiger partial charge is 0.307 e. The molecule has 0 spiro atoms. The van der Waals surface area contributed by atoms with Gasteiger partial charge >= 0.3 is 5.97 Å². The lowest BCUT2D eigenvalue weighted by Gasteiger charge is -2.16. The van der Waals surface area contributed by atoms with Crippen LogP contribution in [0.2, 0.25) is 0 Å². The Hall–Kier alpha value is -1.88. The van der Waals surface area contributed by atoms with Crippen molar-refractivity contribution >= 4 is 11.9 Å². The molecule has 5 heteroatoms. The average molecular weight is 265 g/mol. The van der Waals surface area contributed by atoms with Crippen LogP contribution in [-0.4, -0.2) is 44.6 Å². The molecule has 0 saturated carbocycles. The molecular formula is C14H19NO4. The number of benzene rings is 1. The van der Waals surface area contributed by atoms with Gasteiger partial charge in [-0.05, 0) is 17.7 Å². The highest BCUT2D eigenvalue weighted by atomic mass is 16.5. The maximum Gasteiger partial charge on any atom is 0.307 e. The predicted octanol–water partition coefficient (Wildman–Crippen LogP) is 1.47. The predicted molar refractivity (Wildman–Crippen MR) is 70.7 cm³/mol. The standard InChI is InChI=1S/C14H19NO4/c1-15(8-7-13(16)19-3)14(17)12-6-4-5-11(9-12)10-18-2/h4-6,9H,7-8,10H2,1-3H3. The van der Waals surface area contributed by atoms with Gasteiger partial charge in [0.15, 0.2) is 0 Å². The zero-order chi connectivity index (χ0) is 14.3. The molecule has 0 atom stereocenters. The molecule has 1 aromatic rings. The summed E-state index contributed by atoms with van der Waals surface area (Å²) < 4.78 is 9.57. The molecule has 0 fully saturated rings. The minimum Gasteiger partial charge on any atom is -0.469 e. The van der Waals surface area contributed by atoms with Crippen LogP contribution in [0.3, 0.4) is 0 Å². The fourth-order valence-corrected chi connectivity index (χ4v) is 1.64. The first-order valence-electron chi connectivity index (χ1n) is 5.98. The third-order valence-corrected chi connectivity index (χ3v) is 2.71. The molecule has 0 unspecified atom stereocenters. The first kappa shape index (κ1) is 15.2. The Bertz CT molecular complexity index is 445. The molecule has 0 radical (unpaired) electrons. The molecule has 104 valence electrons. The summed E-state index contributed by atoms with van der Waals surface area (Å²) >= 11 is 0. The third kappa shape index (κ3) is 4.71. The van der Waals surface area contributed by atoms with Crippen LogP contribution < -0.4 is 0 Å². The van der Waals surface area contributed by atoms with Gasteiger partial charge in [0.1, 0.15) is 0 Å². The van der Waals surface area contributed by atoms with Crippen LogP contribution >= 0.6 is 0 Å². The summed E-state index contributed by atoms with van der Waals surface area (Å²) in [7, 11) is 4.60. The highest BCUT2D eigenvalue weighted by Gasteiger charge is 2.13. The summed E-state index contributed by atoms with van der Waals surface area (Å²) in [6.45, 7) is 0.799. The number of esters is 1. The van der Waals surface area contributed by atoms with Crippen LogP contribution in [0.4, 0.5) is 0 Å². The van der Waals surface area contributed by atoms with Crippen LogP contribution in [0.5, 0.6) is 0 Å². The molecule has 19 heavy (non-hydrogen) atoms. The maximum absolute atomic E-state index is 12.1. The van der Waals surface area contributed by atoms with E-state index in [1.165, 1.54) is 12.0 Å². The fourth-order valence-electron chi connectivity index (χ4n) is 1.64. The Balaban J connectivity index is 2.65. The topological polar surface area (TPSA) is 55.8 Å². The molecule has 0 aliphatic rings. The van der Waals surface area contributed by atoms with E-state index >= 15 is 0 Å². The Morgan fingerprint density at radius 3 is 2.63 bits per heavy atom. The fraction of sp³-hybridized carbons (Fsp3) is 0.429. The van der Waals surface area contributed by atoms with E-state index in [0.717, 1.165) is 5.56 Å². The van der Waals surface area contributed by atoms with Gasteiger partial charge in [-0.1, -0.05) is 12.1 Å². The zero-order valence-electron chi connectivity index (χ0n) is 11.5. The number of rotatable bonds is 6. The number of carbonyl (C=O) groups excluding carboxylic acids is 2. The molecule has 0 heterocycles. The van der Waals surface area contributed by atoms with E-state index in [2.05, 4.69) is 4.74 Å². The van der Waals surface area contributed by atoms with Crippen molar-refractivity contribution in [1.82, 2.24) is 4.90 Å². The van der Waals surface area contributed by atoms with E-state index in [0.29, 0.717) is 18.7 Å². The highest BCUT2D eigenvalue weighted by molar-refractivity contribution is 5.94. The van der Waals surface area contributed by atoms with Crippen LogP contribution in [0.15, 0.2) is 24.3 Å². The number of ether oxygens (including phenoxy) is 2. The third-order valence-electron chi connectivity index (χ3n) is 2.71. The molecule has 0 aromatic heterocycles. The molecule has 1 aromatic carbocycles. The Morgan fingerprint density at radius 2 is 2.00 bits per heavy atom. The number of hydrogen-bond donors (Lipinski definition) is 0. The Labute approximate surface area is 113 Å². The zero-order valence-corrected chi connectivity index (χ0v) is 11.5. The number of nitrogens with zero attached hydrogens (tertiary/aromatic N) is 1. The van der Waals surface area contributed by atoms with Gasteiger partial charge < -0.3 is 14.4 Å². The van der Waals surface area contributed by atoms with Crippen molar-refractivity contribution in [3.05, 3.63) is 35.4 Å². The summed E-state index contributed by atoms with van der Waals surface area (Å²) in [5.41, 5.74) is 1.52. The van der Waals surface area contributed by atoms with Crippen LogP contribution in [0.1, 0.15) is 22.3 Å². The van der Waals surface area contributed by atoms with Crippen molar-refractivity contribution in [3.63, 3.8) is 0 Å². The van der Waals surface area contributed by atoms with Gasteiger partial charge in [0.2, 0.25) is 0 Å². The summed E-state index contributed by atoms with van der Waals surface area (Å²) in [5.74, 6) is -0.449. The normalized spacial score (nSPS) is 10.1. The number of carbonyl (C=O) groups is 2.